The molecule has 1 aliphatic rings. The van der Waals surface area contributed by atoms with Gasteiger partial charge < -0.3 is 10.4 Å². The van der Waals surface area contributed by atoms with Crippen molar-refractivity contribution in [1.29, 1.82) is 0 Å². The number of rotatable bonds is 7. The molecule has 0 spiro atoms. The summed E-state index contributed by atoms with van der Waals surface area (Å²) in [5.41, 5.74) is 1.24. The summed E-state index contributed by atoms with van der Waals surface area (Å²) in [6, 6.07) is 7.04. The molecule has 184 valence electrons. The maximum atomic E-state index is 14.0. The molecule has 0 bridgehead atoms. The van der Waals surface area contributed by atoms with Crippen molar-refractivity contribution in [3.05, 3.63) is 76.4 Å². The van der Waals surface area contributed by atoms with Crippen LogP contribution in [-0.4, -0.2) is 21.0 Å². The van der Waals surface area contributed by atoms with Gasteiger partial charge in [-0.05, 0) is 17.9 Å². The third kappa shape index (κ3) is 5.32. The molecule has 2 aromatic carbocycles. The summed E-state index contributed by atoms with van der Waals surface area (Å²) in [6.45, 7) is -0.104. The number of hydrogen-bond donors (Lipinski definition) is 2. The van der Waals surface area contributed by atoms with E-state index in [1.165, 1.54) is 6.20 Å². The zero-order valence-electron chi connectivity index (χ0n) is 18.6. The first-order chi connectivity index (χ1) is 16.8. The van der Waals surface area contributed by atoms with Gasteiger partial charge >= 0.3 is 0 Å². The van der Waals surface area contributed by atoms with Crippen molar-refractivity contribution < 1.29 is 31.9 Å². The van der Waals surface area contributed by atoms with E-state index in [-0.39, 0.29) is 12.4 Å². The van der Waals surface area contributed by atoms with Gasteiger partial charge in [0.1, 0.15) is 0 Å². The summed E-state index contributed by atoms with van der Waals surface area (Å²) >= 11 is 0. The van der Waals surface area contributed by atoms with Crippen LogP contribution >= 0.6 is 0 Å². The van der Waals surface area contributed by atoms with E-state index in [9.17, 15) is 31.9 Å². The van der Waals surface area contributed by atoms with Gasteiger partial charge in [-0.1, -0.05) is 49.9 Å². The zero-order valence-corrected chi connectivity index (χ0v) is 18.6. The second-order valence-electron chi connectivity index (χ2n) is 8.53. The molecule has 1 aromatic heterocycles. The molecule has 1 fully saturated rings. The van der Waals surface area contributed by atoms with Gasteiger partial charge in [0.2, 0.25) is 11.7 Å². The van der Waals surface area contributed by atoms with Gasteiger partial charge in [0.15, 0.2) is 29.1 Å². The van der Waals surface area contributed by atoms with E-state index in [1.54, 1.807) is 24.3 Å². The second kappa shape index (κ2) is 10.5. The lowest BCUT2D eigenvalue weighted by Crippen LogP contribution is -2.20. The fourth-order valence-corrected chi connectivity index (χ4v) is 4.22. The minimum absolute atomic E-state index is 0.0708. The Morgan fingerprint density at radius 3 is 2.14 bits per heavy atom. The van der Waals surface area contributed by atoms with Crippen molar-refractivity contribution in [1.82, 2.24) is 9.97 Å². The van der Waals surface area contributed by atoms with Crippen LogP contribution in [0.3, 0.4) is 0 Å². The van der Waals surface area contributed by atoms with Crippen LogP contribution in [0.25, 0.3) is 11.3 Å². The van der Waals surface area contributed by atoms with Crippen LogP contribution in [0.15, 0.2) is 30.5 Å². The molecule has 1 heterocycles. The van der Waals surface area contributed by atoms with E-state index in [4.69, 9.17) is 0 Å². The number of aliphatic hydroxyl groups is 1. The average Bonchev–Trinajstić information content (AvgIpc) is 3.38. The highest BCUT2D eigenvalue weighted by atomic mass is 19.2. The second-order valence-corrected chi connectivity index (χ2v) is 8.53. The maximum Gasteiger partial charge on any atom is 0.230 e. The number of carbonyl (C=O) groups is 1. The summed E-state index contributed by atoms with van der Waals surface area (Å²) in [5.74, 6) is -11.2. The molecule has 1 aliphatic carbocycles. The minimum atomic E-state index is -2.28. The summed E-state index contributed by atoms with van der Waals surface area (Å²) in [6.07, 6.45) is 4.96. The molecule has 0 atom stereocenters. The number of nitrogens with zero attached hydrogens (tertiary/aromatic N) is 2. The lowest BCUT2D eigenvalue weighted by Gasteiger charge is -2.15. The highest BCUT2D eigenvalue weighted by Crippen LogP contribution is 2.30. The van der Waals surface area contributed by atoms with Crippen LogP contribution in [0.5, 0.6) is 0 Å². The molecular formula is C25H22F5N3O2. The molecule has 0 radical (unpaired) electrons. The molecule has 5 nitrogen and oxygen atoms in total. The van der Waals surface area contributed by atoms with Crippen molar-refractivity contribution in [3.8, 4) is 11.3 Å². The van der Waals surface area contributed by atoms with Gasteiger partial charge in [-0.25, -0.2) is 31.9 Å². The van der Waals surface area contributed by atoms with Crippen LogP contribution in [0.1, 0.15) is 42.5 Å². The maximum absolute atomic E-state index is 14.0. The molecule has 0 aliphatic heterocycles. The number of carbonyl (C=O) groups excluding carboxylic acids is 1. The monoisotopic (exact) mass is 491 g/mol. The molecular weight excluding hydrogens is 469 g/mol. The fourth-order valence-electron chi connectivity index (χ4n) is 4.22. The summed E-state index contributed by atoms with van der Waals surface area (Å²) < 4.78 is 68.3. The molecule has 0 unspecified atom stereocenters. The summed E-state index contributed by atoms with van der Waals surface area (Å²) in [5, 5.41) is 11.7. The zero-order chi connectivity index (χ0) is 25.1. The molecule has 35 heavy (non-hydrogen) atoms. The number of aliphatic hydroxyl groups excluding tert-OH is 1. The van der Waals surface area contributed by atoms with Gasteiger partial charge in [0, 0.05) is 11.1 Å². The Morgan fingerprint density at radius 1 is 0.943 bits per heavy atom. The third-order valence-corrected chi connectivity index (χ3v) is 6.13. The van der Waals surface area contributed by atoms with Crippen molar-refractivity contribution in [3.63, 3.8) is 0 Å². The molecule has 1 amide bonds. The Kier molecular flexibility index (Phi) is 7.39. The predicted molar refractivity (Wildman–Crippen MR) is 118 cm³/mol. The standard InChI is InChI=1S/C25H22F5N3O2/c26-20-16(21(27)23(29)24(30)22(20)28)10-19(35)33-25-17(9-13-3-1-2-4-13)32-18(11-31-25)15-7-5-14(12-34)6-8-15/h5-8,11,13,34H,1-4,9-10,12H2,(H,31,33,35). The fraction of sp³-hybridized carbons (Fsp3) is 0.320. The van der Waals surface area contributed by atoms with E-state index in [0.717, 1.165) is 36.8 Å². The number of benzene rings is 2. The Balaban J connectivity index is 1.61. The van der Waals surface area contributed by atoms with E-state index in [0.29, 0.717) is 23.7 Å². The average molecular weight is 491 g/mol. The number of amides is 1. The predicted octanol–water partition coefficient (Wildman–Crippen LogP) is 5.25. The van der Waals surface area contributed by atoms with Gasteiger partial charge in [-0.3, -0.25) is 4.79 Å². The highest BCUT2D eigenvalue weighted by molar-refractivity contribution is 5.92. The Morgan fingerprint density at radius 2 is 1.54 bits per heavy atom. The molecule has 10 heteroatoms. The number of anilines is 1. The molecule has 2 N–H and O–H groups in total. The van der Waals surface area contributed by atoms with Crippen LogP contribution in [0.4, 0.5) is 27.8 Å². The first-order valence-corrected chi connectivity index (χ1v) is 11.1. The number of nitrogens with one attached hydrogen (secondary N) is 1. The van der Waals surface area contributed by atoms with Crippen molar-refractivity contribution in [2.75, 3.05) is 5.32 Å². The largest absolute Gasteiger partial charge is 0.392 e. The number of aromatic nitrogens is 2. The minimum Gasteiger partial charge on any atom is -0.392 e. The quantitative estimate of drug-likeness (QED) is 0.269. The Bertz CT molecular complexity index is 1220. The summed E-state index contributed by atoms with van der Waals surface area (Å²) in [7, 11) is 0. The smallest absolute Gasteiger partial charge is 0.230 e. The van der Waals surface area contributed by atoms with E-state index in [2.05, 4.69) is 15.3 Å². The van der Waals surface area contributed by atoms with Crippen LogP contribution < -0.4 is 5.32 Å². The summed E-state index contributed by atoms with van der Waals surface area (Å²) in [4.78, 5) is 21.4. The molecule has 4 rings (SSSR count). The van der Waals surface area contributed by atoms with Gasteiger partial charge in [-0.15, -0.1) is 0 Å². The first-order valence-electron chi connectivity index (χ1n) is 11.1. The van der Waals surface area contributed by atoms with Crippen LogP contribution in [-0.2, 0) is 24.2 Å². The lowest BCUT2D eigenvalue weighted by atomic mass is 10.0. The normalized spacial score (nSPS) is 13.9. The van der Waals surface area contributed by atoms with E-state index < -0.39 is 47.0 Å². The first kappa shape index (κ1) is 24.7. The van der Waals surface area contributed by atoms with Crippen molar-refractivity contribution >= 4 is 11.7 Å². The Labute approximate surface area is 198 Å². The van der Waals surface area contributed by atoms with Crippen molar-refractivity contribution in [2.24, 2.45) is 5.92 Å². The third-order valence-electron chi connectivity index (χ3n) is 6.13. The number of hydrogen-bond acceptors (Lipinski definition) is 4. The molecule has 3 aromatic rings. The van der Waals surface area contributed by atoms with E-state index in [1.807, 2.05) is 0 Å². The SMILES string of the molecule is O=C(Cc1c(F)c(F)c(F)c(F)c1F)Nc1ncc(-c2ccc(CO)cc2)nc1CC1CCCC1. The van der Waals surface area contributed by atoms with Gasteiger partial charge in [-0.2, -0.15) is 0 Å². The van der Waals surface area contributed by atoms with E-state index >= 15 is 0 Å². The van der Waals surface area contributed by atoms with Crippen LogP contribution in [0.2, 0.25) is 0 Å². The van der Waals surface area contributed by atoms with Gasteiger partial charge in [0.05, 0.1) is 30.6 Å². The highest BCUT2D eigenvalue weighted by Gasteiger charge is 2.27. The Hall–Kier alpha value is -3.40. The molecule has 1 saturated carbocycles. The topological polar surface area (TPSA) is 75.1 Å². The van der Waals surface area contributed by atoms with Gasteiger partial charge in [0.25, 0.3) is 0 Å². The number of halogens is 5. The molecule has 0 saturated heterocycles. The van der Waals surface area contributed by atoms with Crippen LogP contribution in [0, 0.1) is 35.0 Å². The van der Waals surface area contributed by atoms with Crippen molar-refractivity contribution in [2.45, 2.75) is 45.1 Å². The lowest BCUT2D eigenvalue weighted by molar-refractivity contribution is -0.115.